The summed E-state index contributed by atoms with van der Waals surface area (Å²) in [7, 11) is 0. The molecule has 2 aliphatic carbocycles. The number of hydrogen-bond acceptors (Lipinski definition) is 1. The summed E-state index contributed by atoms with van der Waals surface area (Å²) in [5.41, 5.74) is 18.9. The summed E-state index contributed by atoms with van der Waals surface area (Å²) in [6.07, 6.45) is 0. The largest absolute Gasteiger partial charge is 0.309 e. The van der Waals surface area contributed by atoms with Crippen molar-refractivity contribution >= 4 is 53.3 Å². The fourth-order valence-electron chi connectivity index (χ4n) is 10.5. The predicted molar refractivity (Wildman–Crippen MR) is 241 cm³/mol. The van der Waals surface area contributed by atoms with Crippen molar-refractivity contribution in [3.63, 3.8) is 0 Å². The lowest BCUT2D eigenvalue weighted by Gasteiger charge is -2.30. The summed E-state index contributed by atoms with van der Waals surface area (Å²) >= 11 is 1.93. The van der Waals surface area contributed by atoms with Gasteiger partial charge in [0.2, 0.25) is 0 Å². The van der Waals surface area contributed by atoms with Crippen LogP contribution < -0.4 is 0 Å². The summed E-state index contributed by atoms with van der Waals surface area (Å²) in [4.78, 5) is 0. The Morgan fingerprint density at radius 1 is 0.351 bits per heavy atom. The van der Waals surface area contributed by atoms with E-state index in [2.05, 4.69) is 205 Å². The number of para-hydroxylation sites is 1. The van der Waals surface area contributed by atoms with Gasteiger partial charge in [-0.05, 0) is 97.6 Å². The van der Waals surface area contributed by atoms with Gasteiger partial charge in [0.25, 0.3) is 0 Å². The van der Waals surface area contributed by atoms with Gasteiger partial charge in [-0.2, -0.15) is 0 Å². The molecule has 0 radical (unpaired) electrons. The van der Waals surface area contributed by atoms with Crippen molar-refractivity contribution in [3.05, 3.63) is 222 Å². The van der Waals surface area contributed by atoms with E-state index in [0.717, 1.165) is 0 Å². The Hall–Kier alpha value is -7.00. The Kier molecular flexibility index (Phi) is 6.31. The molecule has 264 valence electrons. The third-order valence-corrected chi connectivity index (χ3v) is 14.0. The molecule has 1 atom stereocenters. The van der Waals surface area contributed by atoms with Crippen molar-refractivity contribution in [1.82, 2.24) is 4.57 Å². The average Bonchev–Trinajstić information content (AvgIpc) is 3.99. The Morgan fingerprint density at radius 3 is 1.82 bits per heavy atom. The van der Waals surface area contributed by atoms with Gasteiger partial charge in [-0.3, -0.25) is 0 Å². The molecule has 0 bridgehead atoms. The van der Waals surface area contributed by atoms with Gasteiger partial charge >= 0.3 is 0 Å². The molecule has 9 aromatic carbocycles. The van der Waals surface area contributed by atoms with Gasteiger partial charge in [0.05, 0.1) is 22.1 Å². The maximum absolute atomic E-state index is 2.56. The second-order valence-electron chi connectivity index (χ2n) is 15.5. The number of aromatic nitrogens is 1. The molecule has 1 nitrogen and oxygen atoms in total. The van der Waals surface area contributed by atoms with Crippen LogP contribution in [0.3, 0.4) is 0 Å². The average molecular weight is 740 g/mol. The first-order chi connectivity index (χ1) is 28.3. The molecule has 0 aliphatic heterocycles. The van der Waals surface area contributed by atoms with Gasteiger partial charge in [-0.25, -0.2) is 0 Å². The molecular weight excluding hydrogens is 707 g/mol. The van der Waals surface area contributed by atoms with Crippen LogP contribution in [0.15, 0.2) is 200 Å². The monoisotopic (exact) mass is 739 g/mol. The van der Waals surface area contributed by atoms with Crippen LogP contribution in [0.5, 0.6) is 0 Å². The molecule has 0 saturated carbocycles. The number of thiophene rings is 1. The lowest BCUT2D eigenvalue weighted by atomic mass is 9.70. The van der Waals surface area contributed by atoms with Crippen LogP contribution in [0, 0.1) is 0 Å². The van der Waals surface area contributed by atoms with Gasteiger partial charge in [-0.1, -0.05) is 164 Å². The maximum Gasteiger partial charge on any atom is 0.0726 e. The Balaban J connectivity index is 1.11. The third kappa shape index (κ3) is 4.07. The van der Waals surface area contributed by atoms with Gasteiger partial charge in [0.15, 0.2) is 0 Å². The smallest absolute Gasteiger partial charge is 0.0726 e. The molecule has 0 saturated heterocycles. The number of fused-ring (bicyclic) bond motifs is 16. The van der Waals surface area contributed by atoms with Crippen molar-refractivity contribution in [1.29, 1.82) is 0 Å². The van der Waals surface area contributed by atoms with Gasteiger partial charge in [0.1, 0.15) is 0 Å². The first-order valence-corrected chi connectivity index (χ1v) is 20.6. The number of benzene rings is 9. The highest BCUT2D eigenvalue weighted by Gasteiger charge is 2.52. The maximum atomic E-state index is 2.56. The zero-order valence-electron chi connectivity index (χ0n) is 30.9. The highest BCUT2D eigenvalue weighted by Crippen LogP contribution is 2.64. The van der Waals surface area contributed by atoms with Crippen molar-refractivity contribution in [2.45, 2.75) is 5.41 Å². The summed E-state index contributed by atoms with van der Waals surface area (Å²) in [5.74, 6) is 0. The van der Waals surface area contributed by atoms with Gasteiger partial charge in [0, 0.05) is 36.5 Å². The van der Waals surface area contributed by atoms with Crippen molar-refractivity contribution in [3.8, 4) is 50.2 Å². The van der Waals surface area contributed by atoms with E-state index in [-0.39, 0.29) is 0 Å². The van der Waals surface area contributed by atoms with Gasteiger partial charge < -0.3 is 4.57 Å². The molecule has 2 aliphatic rings. The zero-order chi connectivity index (χ0) is 37.2. The minimum atomic E-state index is -0.466. The van der Waals surface area contributed by atoms with Crippen LogP contribution in [0.2, 0.25) is 0 Å². The molecule has 11 aromatic rings. The molecule has 1 spiro atoms. The van der Waals surface area contributed by atoms with Crippen LogP contribution >= 0.6 is 11.3 Å². The summed E-state index contributed by atoms with van der Waals surface area (Å²) < 4.78 is 5.21. The second kappa shape index (κ2) is 11.5. The standard InChI is InChI=1S/C55H33NS/c1-3-15-34(16-4-1)36-29-30-50-43(31-36)39-20-9-12-27-49(39)56(50)51-28-14-26-47-53(51)41-21-8-11-25-46(41)55(47)45-24-10-7-19-38(45)42-33-52-44(32-48(42)55)40-23-13-22-37(54(40)57-52)35-17-5-2-6-18-35/h1-33H. The topological polar surface area (TPSA) is 4.93 Å². The molecular formula is C55H33NS. The lowest BCUT2D eigenvalue weighted by molar-refractivity contribution is 0.794. The van der Waals surface area contributed by atoms with E-state index in [9.17, 15) is 0 Å². The van der Waals surface area contributed by atoms with Crippen molar-refractivity contribution in [2.75, 3.05) is 0 Å². The molecule has 0 fully saturated rings. The summed E-state index contributed by atoms with van der Waals surface area (Å²) in [5, 5.41) is 5.19. The molecule has 13 rings (SSSR count). The van der Waals surface area contributed by atoms with Crippen LogP contribution in [0.1, 0.15) is 22.3 Å². The van der Waals surface area contributed by atoms with Crippen LogP contribution in [-0.4, -0.2) is 4.57 Å². The van der Waals surface area contributed by atoms with E-state index in [1.807, 2.05) is 11.3 Å². The van der Waals surface area contributed by atoms with Crippen LogP contribution in [0.4, 0.5) is 0 Å². The summed E-state index contributed by atoms with van der Waals surface area (Å²) in [6.45, 7) is 0. The molecule has 2 heteroatoms. The molecule has 0 N–H and O–H groups in total. The van der Waals surface area contributed by atoms with E-state index in [1.165, 1.54) is 114 Å². The van der Waals surface area contributed by atoms with E-state index in [0.29, 0.717) is 0 Å². The minimum Gasteiger partial charge on any atom is -0.309 e. The quantitative estimate of drug-likeness (QED) is 0.170. The Bertz CT molecular complexity index is 3460. The number of nitrogens with zero attached hydrogens (tertiary/aromatic N) is 1. The Labute approximate surface area is 334 Å². The number of hydrogen-bond donors (Lipinski definition) is 0. The molecule has 0 amide bonds. The molecule has 2 heterocycles. The van der Waals surface area contributed by atoms with E-state index >= 15 is 0 Å². The van der Waals surface area contributed by atoms with E-state index in [4.69, 9.17) is 0 Å². The third-order valence-electron chi connectivity index (χ3n) is 12.8. The zero-order valence-corrected chi connectivity index (χ0v) is 31.7. The minimum absolute atomic E-state index is 0.466. The molecule has 1 unspecified atom stereocenters. The van der Waals surface area contributed by atoms with Crippen LogP contribution in [0.25, 0.3) is 92.2 Å². The van der Waals surface area contributed by atoms with E-state index in [1.54, 1.807) is 0 Å². The first-order valence-electron chi connectivity index (χ1n) is 19.8. The van der Waals surface area contributed by atoms with Crippen molar-refractivity contribution in [2.24, 2.45) is 0 Å². The van der Waals surface area contributed by atoms with Gasteiger partial charge in [-0.15, -0.1) is 11.3 Å². The molecule has 57 heavy (non-hydrogen) atoms. The Morgan fingerprint density at radius 2 is 0.982 bits per heavy atom. The first kappa shape index (κ1) is 31.2. The highest BCUT2D eigenvalue weighted by atomic mass is 32.1. The van der Waals surface area contributed by atoms with E-state index < -0.39 is 5.41 Å². The predicted octanol–water partition coefficient (Wildman–Crippen LogP) is 14.8. The number of rotatable bonds is 3. The van der Waals surface area contributed by atoms with Crippen LogP contribution in [-0.2, 0) is 5.41 Å². The summed E-state index contributed by atoms with van der Waals surface area (Å²) in [6, 6.07) is 74.8. The SMILES string of the molecule is c1ccc(-c2ccc3c(c2)c2ccccc2n3-c2cccc3c2-c2ccccc2C32c3ccccc3-c3cc4sc5c(-c6ccccc6)cccc5c4cc32)cc1. The molecule has 2 aromatic heterocycles. The second-order valence-corrected chi connectivity index (χ2v) is 16.6. The highest BCUT2D eigenvalue weighted by molar-refractivity contribution is 7.26. The fourth-order valence-corrected chi connectivity index (χ4v) is 11.8. The lowest BCUT2D eigenvalue weighted by Crippen LogP contribution is -2.25. The van der Waals surface area contributed by atoms with Crippen molar-refractivity contribution < 1.29 is 0 Å². The fraction of sp³-hybridized carbons (Fsp3) is 0.0182. The normalized spacial score (nSPS) is 15.1.